The van der Waals surface area contributed by atoms with E-state index in [-0.39, 0.29) is 11.1 Å². The van der Waals surface area contributed by atoms with Crippen LogP contribution in [0.5, 0.6) is 0 Å². The Balaban J connectivity index is 2.43. The fourth-order valence-electron chi connectivity index (χ4n) is 1.47. The van der Waals surface area contributed by atoms with Crippen molar-refractivity contribution in [3.63, 3.8) is 0 Å². The third kappa shape index (κ3) is 2.30. The van der Waals surface area contributed by atoms with Gasteiger partial charge in [0.15, 0.2) is 5.78 Å². The van der Waals surface area contributed by atoms with Gasteiger partial charge in [-0.1, -0.05) is 0 Å². The van der Waals surface area contributed by atoms with Crippen molar-refractivity contribution in [2.24, 2.45) is 0 Å². The van der Waals surface area contributed by atoms with E-state index in [0.29, 0.717) is 5.69 Å². The molecule has 2 rings (SSSR count). The van der Waals surface area contributed by atoms with Gasteiger partial charge in [0.1, 0.15) is 11.6 Å². The zero-order chi connectivity index (χ0) is 12.4. The molecule has 0 spiro atoms. The van der Waals surface area contributed by atoms with Crippen LogP contribution in [0.4, 0.5) is 14.5 Å². The monoisotopic (exact) mass is 233 g/mol. The van der Waals surface area contributed by atoms with Crippen LogP contribution in [0, 0.1) is 11.6 Å². The molecule has 17 heavy (non-hydrogen) atoms. The van der Waals surface area contributed by atoms with Crippen molar-refractivity contribution in [2.75, 3.05) is 5.73 Å². The first-order valence-electron chi connectivity index (χ1n) is 4.93. The van der Waals surface area contributed by atoms with Crippen LogP contribution in [-0.4, -0.2) is 5.78 Å². The van der Waals surface area contributed by atoms with Gasteiger partial charge in [0.05, 0.1) is 5.56 Å². The highest BCUT2D eigenvalue weighted by Crippen LogP contribution is 2.17. The lowest BCUT2D eigenvalue weighted by Crippen LogP contribution is -2.05. The summed E-state index contributed by atoms with van der Waals surface area (Å²) in [6, 6.07) is 8.68. The molecule has 0 amide bonds. The predicted molar refractivity (Wildman–Crippen MR) is 60.6 cm³/mol. The summed E-state index contributed by atoms with van der Waals surface area (Å²) in [5.74, 6) is -1.61. The highest BCUT2D eigenvalue weighted by atomic mass is 19.1. The number of rotatable bonds is 2. The van der Waals surface area contributed by atoms with Crippen LogP contribution in [0.3, 0.4) is 0 Å². The van der Waals surface area contributed by atoms with Crippen LogP contribution < -0.4 is 5.73 Å². The second-order valence-electron chi connectivity index (χ2n) is 3.58. The number of hydrogen-bond acceptors (Lipinski definition) is 2. The molecular formula is C13H9F2NO. The molecule has 0 bridgehead atoms. The Morgan fingerprint density at radius 2 is 1.65 bits per heavy atom. The summed E-state index contributed by atoms with van der Waals surface area (Å²) in [5, 5.41) is 0. The summed E-state index contributed by atoms with van der Waals surface area (Å²) >= 11 is 0. The molecule has 0 saturated heterocycles. The van der Waals surface area contributed by atoms with Gasteiger partial charge in [0.2, 0.25) is 0 Å². The molecule has 0 aliphatic heterocycles. The number of nitrogen functional groups attached to an aromatic ring is 1. The first-order valence-corrected chi connectivity index (χ1v) is 4.93. The molecule has 0 aliphatic carbocycles. The fourth-order valence-corrected chi connectivity index (χ4v) is 1.47. The number of carbonyl (C=O) groups excluding carboxylic acids is 1. The van der Waals surface area contributed by atoms with Crippen molar-refractivity contribution < 1.29 is 13.6 Å². The number of ketones is 1. The van der Waals surface area contributed by atoms with E-state index in [0.717, 1.165) is 18.2 Å². The van der Waals surface area contributed by atoms with Gasteiger partial charge < -0.3 is 5.73 Å². The fraction of sp³-hybridized carbons (Fsp3) is 0. The Kier molecular flexibility index (Phi) is 2.87. The Morgan fingerprint density at radius 1 is 1.00 bits per heavy atom. The molecule has 0 saturated carbocycles. The van der Waals surface area contributed by atoms with E-state index in [4.69, 9.17) is 5.73 Å². The van der Waals surface area contributed by atoms with Crippen LogP contribution in [0.1, 0.15) is 15.9 Å². The smallest absolute Gasteiger partial charge is 0.196 e. The average molecular weight is 233 g/mol. The summed E-state index contributed by atoms with van der Waals surface area (Å²) in [5.41, 5.74) is 5.90. The second-order valence-corrected chi connectivity index (χ2v) is 3.58. The first kappa shape index (κ1) is 11.3. The number of hydrogen-bond donors (Lipinski definition) is 1. The zero-order valence-electron chi connectivity index (χ0n) is 8.78. The van der Waals surface area contributed by atoms with E-state index in [2.05, 4.69) is 0 Å². The van der Waals surface area contributed by atoms with Gasteiger partial charge in [-0.15, -0.1) is 0 Å². The van der Waals surface area contributed by atoms with Crippen molar-refractivity contribution in [1.29, 1.82) is 0 Å². The minimum Gasteiger partial charge on any atom is -0.399 e. The van der Waals surface area contributed by atoms with Crippen molar-refractivity contribution in [3.8, 4) is 0 Å². The maximum atomic E-state index is 13.4. The molecule has 2 N–H and O–H groups in total. The molecule has 0 atom stereocenters. The lowest BCUT2D eigenvalue weighted by Gasteiger charge is -2.03. The van der Waals surface area contributed by atoms with Crippen LogP contribution >= 0.6 is 0 Å². The maximum absolute atomic E-state index is 13.4. The summed E-state index contributed by atoms with van der Waals surface area (Å²) in [7, 11) is 0. The molecule has 2 nitrogen and oxygen atoms in total. The van der Waals surface area contributed by atoms with Gasteiger partial charge in [-0.25, -0.2) is 8.78 Å². The van der Waals surface area contributed by atoms with Crippen LogP contribution in [-0.2, 0) is 0 Å². The van der Waals surface area contributed by atoms with Gasteiger partial charge in [0, 0.05) is 11.3 Å². The molecule has 0 unspecified atom stereocenters. The van der Waals surface area contributed by atoms with Gasteiger partial charge >= 0.3 is 0 Å². The summed E-state index contributed by atoms with van der Waals surface area (Å²) < 4.78 is 26.1. The Morgan fingerprint density at radius 3 is 2.29 bits per heavy atom. The molecule has 0 heterocycles. The normalized spacial score (nSPS) is 10.2. The lowest BCUT2D eigenvalue weighted by molar-refractivity contribution is 0.103. The van der Waals surface area contributed by atoms with Crippen LogP contribution in [0.25, 0.3) is 0 Å². The number of nitrogens with two attached hydrogens (primary N) is 1. The molecule has 0 aliphatic rings. The number of anilines is 1. The maximum Gasteiger partial charge on any atom is 0.196 e. The zero-order valence-corrected chi connectivity index (χ0v) is 8.78. The number of benzene rings is 2. The minimum absolute atomic E-state index is 0.114. The Hall–Kier alpha value is -2.23. The third-order valence-electron chi connectivity index (χ3n) is 2.34. The van der Waals surface area contributed by atoms with E-state index < -0.39 is 17.4 Å². The van der Waals surface area contributed by atoms with Crippen molar-refractivity contribution in [3.05, 3.63) is 65.2 Å². The number of halogens is 2. The first-order chi connectivity index (χ1) is 8.08. The second kappa shape index (κ2) is 4.33. The summed E-state index contributed by atoms with van der Waals surface area (Å²) in [6.07, 6.45) is 0. The van der Waals surface area contributed by atoms with Crippen LogP contribution in [0.2, 0.25) is 0 Å². The highest BCUT2D eigenvalue weighted by Gasteiger charge is 2.14. The van der Waals surface area contributed by atoms with E-state index in [1.165, 1.54) is 24.3 Å². The molecule has 2 aromatic carbocycles. The van der Waals surface area contributed by atoms with Crippen LogP contribution in [0.15, 0.2) is 42.5 Å². The molecule has 0 radical (unpaired) electrons. The van der Waals surface area contributed by atoms with E-state index >= 15 is 0 Å². The largest absolute Gasteiger partial charge is 0.399 e. The van der Waals surface area contributed by atoms with E-state index in [1.54, 1.807) is 0 Å². The SMILES string of the molecule is Nc1ccc(F)c(C(=O)c2ccc(F)cc2)c1. The molecule has 4 heteroatoms. The Bertz CT molecular complexity index is 564. The van der Waals surface area contributed by atoms with Crippen molar-refractivity contribution >= 4 is 11.5 Å². The van der Waals surface area contributed by atoms with Gasteiger partial charge in [-0.3, -0.25) is 4.79 Å². The quantitative estimate of drug-likeness (QED) is 0.640. The number of carbonyl (C=O) groups is 1. The van der Waals surface area contributed by atoms with Gasteiger partial charge in [0.25, 0.3) is 0 Å². The summed E-state index contributed by atoms with van der Waals surface area (Å²) in [4.78, 5) is 11.9. The molecular weight excluding hydrogens is 224 g/mol. The molecule has 0 fully saturated rings. The third-order valence-corrected chi connectivity index (χ3v) is 2.34. The van der Waals surface area contributed by atoms with Crippen molar-refractivity contribution in [1.82, 2.24) is 0 Å². The highest BCUT2D eigenvalue weighted by molar-refractivity contribution is 6.09. The molecule has 2 aromatic rings. The standard InChI is InChI=1S/C13H9F2NO/c14-9-3-1-8(2-4-9)13(17)11-7-10(16)5-6-12(11)15/h1-7H,16H2. The van der Waals surface area contributed by atoms with Crippen molar-refractivity contribution in [2.45, 2.75) is 0 Å². The Labute approximate surface area is 96.7 Å². The topological polar surface area (TPSA) is 43.1 Å². The van der Waals surface area contributed by atoms with Gasteiger partial charge in [-0.05, 0) is 42.5 Å². The lowest BCUT2D eigenvalue weighted by atomic mass is 10.0. The summed E-state index contributed by atoms with van der Waals surface area (Å²) in [6.45, 7) is 0. The van der Waals surface area contributed by atoms with E-state index in [9.17, 15) is 13.6 Å². The predicted octanol–water partition coefficient (Wildman–Crippen LogP) is 2.78. The average Bonchev–Trinajstić information content (AvgIpc) is 2.32. The molecule has 0 aromatic heterocycles. The van der Waals surface area contributed by atoms with E-state index in [1.807, 2.05) is 0 Å². The van der Waals surface area contributed by atoms with Gasteiger partial charge in [-0.2, -0.15) is 0 Å². The minimum atomic E-state index is -0.645. The molecule has 86 valence electrons.